The third-order valence-electron chi connectivity index (χ3n) is 3.68. The number of hydrogen-bond acceptors (Lipinski definition) is 6. The first-order valence-corrected chi connectivity index (χ1v) is 6.73. The van der Waals surface area contributed by atoms with E-state index in [1.54, 1.807) is 12.3 Å². The number of rotatable bonds is 3. The van der Waals surface area contributed by atoms with Gasteiger partial charge in [0.2, 0.25) is 0 Å². The summed E-state index contributed by atoms with van der Waals surface area (Å²) >= 11 is 0. The fourth-order valence-corrected chi connectivity index (χ4v) is 2.39. The van der Waals surface area contributed by atoms with E-state index in [0.717, 1.165) is 31.9 Å². The lowest BCUT2D eigenvalue weighted by molar-refractivity contribution is -0.384. The molecule has 21 heavy (non-hydrogen) atoms. The number of nitro groups is 1. The van der Waals surface area contributed by atoms with E-state index < -0.39 is 4.92 Å². The molecule has 1 aliphatic heterocycles. The lowest BCUT2D eigenvalue weighted by Gasteiger charge is -2.33. The van der Waals surface area contributed by atoms with Gasteiger partial charge >= 0.3 is 5.69 Å². The normalized spacial score (nSPS) is 16.1. The Morgan fingerprint density at radius 2 is 2.05 bits per heavy atom. The smallest absolute Gasteiger partial charge is 0.316 e. The van der Waals surface area contributed by atoms with Crippen molar-refractivity contribution in [3.8, 4) is 11.4 Å². The van der Waals surface area contributed by atoms with E-state index in [2.05, 4.69) is 32.0 Å². The summed E-state index contributed by atoms with van der Waals surface area (Å²) in [5.41, 5.74) is 1.74. The summed E-state index contributed by atoms with van der Waals surface area (Å²) in [6.07, 6.45) is 3.02. The molecule has 0 amide bonds. The van der Waals surface area contributed by atoms with Gasteiger partial charge in [-0.3, -0.25) is 20.2 Å². The molecule has 1 saturated heterocycles. The minimum Gasteiger partial charge on any atom is -0.368 e. The molecule has 0 saturated carbocycles. The molecule has 0 aliphatic carbocycles. The predicted molar refractivity (Wildman–Crippen MR) is 78.2 cm³/mol. The molecule has 0 radical (unpaired) electrons. The van der Waals surface area contributed by atoms with Crippen molar-refractivity contribution in [1.82, 2.24) is 20.1 Å². The van der Waals surface area contributed by atoms with E-state index in [9.17, 15) is 10.1 Å². The molecule has 0 unspecified atom stereocenters. The maximum Gasteiger partial charge on any atom is 0.316 e. The highest BCUT2D eigenvalue weighted by molar-refractivity contribution is 5.66. The first-order chi connectivity index (χ1) is 10.1. The van der Waals surface area contributed by atoms with Gasteiger partial charge in [-0.1, -0.05) is 0 Å². The third kappa shape index (κ3) is 2.70. The van der Waals surface area contributed by atoms with Crippen molar-refractivity contribution >= 4 is 11.4 Å². The molecule has 1 N–H and O–H groups in total. The van der Waals surface area contributed by atoms with Crippen LogP contribution < -0.4 is 4.90 Å². The fraction of sp³-hybridized carbons (Fsp3) is 0.385. The lowest BCUT2D eigenvalue weighted by atomic mass is 10.2. The van der Waals surface area contributed by atoms with Crippen LogP contribution in [0.25, 0.3) is 11.4 Å². The van der Waals surface area contributed by atoms with E-state index in [-0.39, 0.29) is 11.4 Å². The van der Waals surface area contributed by atoms with Crippen LogP contribution in [-0.4, -0.2) is 58.2 Å². The van der Waals surface area contributed by atoms with Crippen LogP contribution >= 0.6 is 0 Å². The summed E-state index contributed by atoms with van der Waals surface area (Å²) < 4.78 is 0. The molecule has 0 aromatic carbocycles. The predicted octanol–water partition coefficient (Wildman–Crippen LogP) is 1.13. The van der Waals surface area contributed by atoms with Crippen molar-refractivity contribution in [3.63, 3.8) is 0 Å². The van der Waals surface area contributed by atoms with E-state index in [4.69, 9.17) is 0 Å². The summed E-state index contributed by atoms with van der Waals surface area (Å²) in [6.45, 7) is 3.96. The summed E-state index contributed by atoms with van der Waals surface area (Å²) in [4.78, 5) is 19.3. The van der Waals surface area contributed by atoms with Gasteiger partial charge in [0.1, 0.15) is 6.20 Å². The number of hydrogen-bond donors (Lipinski definition) is 1. The standard InChI is InChI=1S/C13H16N6O2/c1-17-4-6-18(7-5-17)10-2-3-11(14-8-10)13-12(19(20)21)9-15-16-13/h2-3,8-9H,4-7H2,1H3,(H,15,16). The molecule has 110 valence electrons. The number of aromatic amines is 1. The second kappa shape index (κ2) is 5.49. The van der Waals surface area contributed by atoms with Crippen LogP contribution in [0.15, 0.2) is 24.5 Å². The number of nitrogens with one attached hydrogen (secondary N) is 1. The van der Waals surface area contributed by atoms with Gasteiger partial charge in [0.05, 0.1) is 22.5 Å². The maximum absolute atomic E-state index is 10.9. The summed E-state index contributed by atoms with van der Waals surface area (Å²) in [6, 6.07) is 3.71. The largest absolute Gasteiger partial charge is 0.368 e. The minimum absolute atomic E-state index is 0.0603. The second-order valence-electron chi connectivity index (χ2n) is 5.07. The Balaban J connectivity index is 1.81. The average Bonchev–Trinajstić information content (AvgIpc) is 2.98. The Kier molecular flexibility index (Phi) is 3.53. The number of H-pyrrole nitrogens is 1. The van der Waals surface area contributed by atoms with E-state index in [1.807, 2.05) is 6.07 Å². The topological polar surface area (TPSA) is 91.2 Å². The molecule has 1 aliphatic rings. The molecule has 2 aromatic rings. The molecular weight excluding hydrogens is 272 g/mol. The molecule has 8 heteroatoms. The zero-order valence-electron chi connectivity index (χ0n) is 11.7. The van der Waals surface area contributed by atoms with Gasteiger partial charge in [0.15, 0.2) is 5.69 Å². The number of pyridine rings is 1. The van der Waals surface area contributed by atoms with Crippen LogP contribution in [0, 0.1) is 10.1 Å². The molecule has 8 nitrogen and oxygen atoms in total. The first kappa shape index (κ1) is 13.5. The molecular formula is C13H16N6O2. The molecule has 0 atom stereocenters. The minimum atomic E-state index is -0.463. The summed E-state index contributed by atoms with van der Waals surface area (Å²) in [7, 11) is 2.11. The van der Waals surface area contributed by atoms with Gasteiger partial charge in [-0.2, -0.15) is 5.10 Å². The van der Waals surface area contributed by atoms with Crippen molar-refractivity contribution in [1.29, 1.82) is 0 Å². The zero-order valence-corrected chi connectivity index (χ0v) is 11.7. The zero-order chi connectivity index (χ0) is 14.8. The van der Waals surface area contributed by atoms with Crippen molar-refractivity contribution < 1.29 is 4.92 Å². The van der Waals surface area contributed by atoms with Crippen LogP contribution in [0.2, 0.25) is 0 Å². The Labute approximate surface area is 121 Å². The third-order valence-corrected chi connectivity index (χ3v) is 3.68. The van der Waals surface area contributed by atoms with Crippen LogP contribution in [0.5, 0.6) is 0 Å². The van der Waals surface area contributed by atoms with Gasteiger partial charge in [-0.25, -0.2) is 0 Å². The number of nitrogens with zero attached hydrogens (tertiary/aromatic N) is 5. The van der Waals surface area contributed by atoms with Crippen LogP contribution in [0.4, 0.5) is 11.4 Å². The van der Waals surface area contributed by atoms with Gasteiger partial charge in [-0.05, 0) is 19.2 Å². The monoisotopic (exact) mass is 288 g/mol. The van der Waals surface area contributed by atoms with Crippen molar-refractivity contribution in [2.24, 2.45) is 0 Å². The molecule has 0 spiro atoms. The molecule has 3 heterocycles. The van der Waals surface area contributed by atoms with E-state index >= 15 is 0 Å². The number of piperazine rings is 1. The average molecular weight is 288 g/mol. The van der Waals surface area contributed by atoms with Crippen LogP contribution in [0.1, 0.15) is 0 Å². The van der Waals surface area contributed by atoms with Crippen LogP contribution in [0.3, 0.4) is 0 Å². The quantitative estimate of drug-likeness (QED) is 0.672. The number of aromatic nitrogens is 3. The molecule has 1 fully saturated rings. The van der Waals surface area contributed by atoms with Crippen molar-refractivity contribution in [3.05, 3.63) is 34.6 Å². The first-order valence-electron chi connectivity index (χ1n) is 6.73. The Bertz CT molecular complexity index is 630. The molecule has 3 rings (SSSR count). The van der Waals surface area contributed by atoms with Gasteiger partial charge in [0, 0.05) is 26.2 Å². The number of likely N-dealkylation sites (N-methyl/N-ethyl adjacent to an activating group) is 1. The van der Waals surface area contributed by atoms with Gasteiger partial charge in [0.25, 0.3) is 0 Å². The van der Waals surface area contributed by atoms with E-state index in [0.29, 0.717) is 5.69 Å². The molecule has 0 bridgehead atoms. The highest BCUT2D eigenvalue weighted by Gasteiger charge is 2.20. The second-order valence-corrected chi connectivity index (χ2v) is 5.07. The summed E-state index contributed by atoms with van der Waals surface area (Å²) in [5.74, 6) is 0. The van der Waals surface area contributed by atoms with Crippen LogP contribution in [-0.2, 0) is 0 Å². The number of anilines is 1. The summed E-state index contributed by atoms with van der Waals surface area (Å²) in [5, 5.41) is 17.3. The highest BCUT2D eigenvalue weighted by atomic mass is 16.6. The maximum atomic E-state index is 10.9. The fourth-order valence-electron chi connectivity index (χ4n) is 2.39. The Morgan fingerprint density at radius 3 is 2.67 bits per heavy atom. The lowest BCUT2D eigenvalue weighted by Crippen LogP contribution is -2.44. The van der Waals surface area contributed by atoms with Crippen molar-refractivity contribution in [2.45, 2.75) is 0 Å². The SMILES string of the molecule is CN1CCN(c2ccc(-c3n[nH]cc3[N+](=O)[O-])nc2)CC1. The van der Waals surface area contributed by atoms with Crippen molar-refractivity contribution in [2.75, 3.05) is 38.1 Å². The molecule has 2 aromatic heterocycles. The Hall–Kier alpha value is -2.48. The Morgan fingerprint density at radius 1 is 1.29 bits per heavy atom. The van der Waals surface area contributed by atoms with Gasteiger partial charge in [-0.15, -0.1) is 0 Å². The highest BCUT2D eigenvalue weighted by Crippen LogP contribution is 2.26. The van der Waals surface area contributed by atoms with Gasteiger partial charge < -0.3 is 9.80 Å². The van der Waals surface area contributed by atoms with E-state index in [1.165, 1.54) is 6.20 Å².